The topological polar surface area (TPSA) is 113 Å². The highest BCUT2D eigenvalue weighted by atomic mass is 35.5. The van der Waals surface area contributed by atoms with E-state index >= 15 is 0 Å². The van der Waals surface area contributed by atoms with Crippen molar-refractivity contribution in [2.45, 2.75) is 19.5 Å². The average molecular weight is 515 g/mol. The minimum absolute atomic E-state index is 0.0233. The van der Waals surface area contributed by atoms with Gasteiger partial charge in [-0.3, -0.25) is 10.1 Å². The summed E-state index contributed by atoms with van der Waals surface area (Å²) in [6.45, 7) is 1.20. The maximum absolute atomic E-state index is 12.8. The van der Waals surface area contributed by atoms with Crippen LogP contribution in [0.4, 0.5) is 18.9 Å². The Morgan fingerprint density at radius 3 is 2.34 bits per heavy atom. The third kappa shape index (κ3) is 6.86. The first kappa shape index (κ1) is 26.0. The van der Waals surface area contributed by atoms with Crippen LogP contribution in [0.15, 0.2) is 30.3 Å². The van der Waals surface area contributed by atoms with Gasteiger partial charge in [0.1, 0.15) is 27.9 Å². The molecule has 0 fully saturated rings. The molecule has 0 aromatic heterocycles. The molecule has 0 aliphatic carbocycles. The van der Waals surface area contributed by atoms with E-state index in [0.717, 1.165) is 30.5 Å². The summed E-state index contributed by atoms with van der Waals surface area (Å²) in [6, 6.07) is 4.60. The summed E-state index contributed by atoms with van der Waals surface area (Å²) >= 11 is 5.90. The Morgan fingerprint density at radius 1 is 1.19 bits per heavy atom. The number of nitrogens with zero attached hydrogens (tertiary/aromatic N) is 1. The Bertz CT molecular complexity index is 1160. The molecule has 14 heteroatoms. The van der Waals surface area contributed by atoms with E-state index in [9.17, 15) is 36.3 Å². The van der Waals surface area contributed by atoms with Crippen molar-refractivity contribution in [2.75, 3.05) is 18.6 Å². The van der Waals surface area contributed by atoms with Gasteiger partial charge in [0.05, 0.1) is 21.3 Å². The van der Waals surface area contributed by atoms with Gasteiger partial charge < -0.3 is 4.74 Å². The number of sulfone groups is 1. The van der Waals surface area contributed by atoms with Gasteiger partial charge in [0.15, 0.2) is 0 Å². The predicted molar refractivity (Wildman–Crippen MR) is 112 cm³/mol. The van der Waals surface area contributed by atoms with Gasteiger partial charge >= 0.3 is 25.2 Å². The van der Waals surface area contributed by atoms with Crippen molar-refractivity contribution in [3.05, 3.63) is 56.6 Å². The van der Waals surface area contributed by atoms with Gasteiger partial charge in [-0.1, -0.05) is 18.5 Å². The van der Waals surface area contributed by atoms with Gasteiger partial charge in [-0.05, 0) is 29.2 Å². The largest absolute Gasteiger partial charge is 0.556 e. The Kier molecular flexibility index (Phi) is 8.22. The molecule has 0 aliphatic rings. The molecule has 0 N–H and O–H groups in total. The zero-order valence-corrected chi connectivity index (χ0v) is 19.1. The highest BCUT2D eigenvalue weighted by molar-refractivity contribution is 7.90. The number of ether oxygens (including phenoxy) is 1. The van der Waals surface area contributed by atoms with Crippen LogP contribution in [-0.4, -0.2) is 32.0 Å². The van der Waals surface area contributed by atoms with Crippen LogP contribution in [0, 0.1) is 10.1 Å². The molecular formula is C18H17ClF3NO7PS+. The molecule has 0 saturated carbocycles. The van der Waals surface area contributed by atoms with Gasteiger partial charge in [-0.25, -0.2) is 8.42 Å². The lowest BCUT2D eigenvalue weighted by molar-refractivity contribution is -0.383. The van der Waals surface area contributed by atoms with Crippen LogP contribution in [0.5, 0.6) is 11.5 Å². The molecule has 0 aliphatic heterocycles. The monoisotopic (exact) mass is 514 g/mol. The van der Waals surface area contributed by atoms with Crippen molar-refractivity contribution in [1.29, 1.82) is 0 Å². The Hall–Kier alpha value is -2.27. The fraction of sp³-hybridized carbons (Fsp3) is 0.333. The lowest BCUT2D eigenvalue weighted by Crippen LogP contribution is -2.12. The summed E-state index contributed by atoms with van der Waals surface area (Å²) in [7, 11) is -6.25. The number of benzene rings is 2. The number of hydrogen-bond donors (Lipinski definition) is 0. The molecule has 0 spiro atoms. The zero-order valence-electron chi connectivity index (χ0n) is 16.7. The maximum atomic E-state index is 12.8. The Labute approximate surface area is 187 Å². The highest BCUT2D eigenvalue weighted by Gasteiger charge is 2.36. The highest BCUT2D eigenvalue weighted by Crippen LogP contribution is 2.39. The Balaban J connectivity index is 2.44. The van der Waals surface area contributed by atoms with E-state index in [1.165, 1.54) is 0 Å². The Morgan fingerprint density at radius 2 is 1.84 bits per heavy atom. The van der Waals surface area contributed by atoms with Crippen LogP contribution in [0.25, 0.3) is 0 Å². The van der Waals surface area contributed by atoms with Crippen LogP contribution in [0.1, 0.15) is 18.1 Å². The van der Waals surface area contributed by atoms with Gasteiger partial charge in [-0.15, -0.1) is 4.52 Å². The quantitative estimate of drug-likeness (QED) is 0.261. The molecule has 174 valence electrons. The first-order valence-electron chi connectivity index (χ1n) is 8.86. The molecular weight excluding hydrogens is 498 g/mol. The molecule has 32 heavy (non-hydrogen) atoms. The van der Waals surface area contributed by atoms with E-state index < -0.39 is 52.6 Å². The molecule has 0 bridgehead atoms. The van der Waals surface area contributed by atoms with Crippen molar-refractivity contribution < 1.29 is 40.3 Å². The zero-order chi connectivity index (χ0) is 24.3. The van der Waals surface area contributed by atoms with Gasteiger partial charge in [0, 0.05) is 24.0 Å². The van der Waals surface area contributed by atoms with Crippen molar-refractivity contribution >= 4 is 40.5 Å². The van der Waals surface area contributed by atoms with Crippen LogP contribution >= 0.6 is 19.6 Å². The SMILES string of the molecule is CCc1cc([N+](=O)[O-])c([P+](=O)OCCS(C)(=O)=O)cc1Oc1ccc(C(F)(F)F)cc1Cl. The summed E-state index contributed by atoms with van der Waals surface area (Å²) in [6.07, 6.45) is -3.43. The number of nitro groups is 1. The number of alkyl halides is 3. The fourth-order valence-electron chi connectivity index (χ4n) is 2.48. The molecule has 2 rings (SSSR count). The number of nitro benzene ring substituents is 1. The van der Waals surface area contributed by atoms with Gasteiger partial charge in [0.2, 0.25) is 0 Å². The molecule has 8 nitrogen and oxygen atoms in total. The molecule has 0 radical (unpaired) electrons. The van der Waals surface area contributed by atoms with Crippen LogP contribution in [-0.2, 0) is 31.5 Å². The van der Waals surface area contributed by atoms with Crippen molar-refractivity contribution in [2.24, 2.45) is 0 Å². The van der Waals surface area contributed by atoms with Crippen LogP contribution < -0.4 is 10.0 Å². The summed E-state index contributed by atoms with van der Waals surface area (Å²) in [5.41, 5.74) is -1.22. The van der Waals surface area contributed by atoms with E-state index in [1.54, 1.807) is 6.92 Å². The number of aryl methyl sites for hydroxylation is 1. The number of rotatable bonds is 9. The summed E-state index contributed by atoms with van der Waals surface area (Å²) in [5.74, 6) is -0.619. The lowest BCUT2D eigenvalue weighted by atomic mass is 10.1. The maximum Gasteiger partial charge on any atom is 0.556 e. The third-order valence-electron chi connectivity index (χ3n) is 4.07. The molecule has 0 amide bonds. The average Bonchev–Trinajstić information content (AvgIpc) is 2.67. The summed E-state index contributed by atoms with van der Waals surface area (Å²) in [5, 5.41) is 10.7. The second-order valence-corrected chi connectivity index (χ2v) is 10.4. The summed E-state index contributed by atoms with van der Waals surface area (Å²) in [4.78, 5) is 10.7. The molecule has 2 aromatic rings. The molecule has 1 unspecified atom stereocenters. The standard InChI is InChI=1S/C18H17ClF3NO7PS/c1-3-11-8-14(23(24)25)17(31(26)29-6-7-32(2,27)28)10-16(11)30-15-5-4-12(9-13(15)19)18(20,21)22/h4-5,8-10H,3,6-7H2,1-2H3/q+1. The van der Waals surface area contributed by atoms with E-state index in [0.29, 0.717) is 11.6 Å². The van der Waals surface area contributed by atoms with Crippen molar-refractivity contribution in [3.8, 4) is 11.5 Å². The normalized spacial score (nSPS) is 12.5. The number of hydrogen-bond acceptors (Lipinski definition) is 7. The van der Waals surface area contributed by atoms with Crippen molar-refractivity contribution in [3.63, 3.8) is 0 Å². The number of halogens is 4. The van der Waals surface area contributed by atoms with Gasteiger partial charge in [0.25, 0.3) is 0 Å². The minimum Gasteiger partial charge on any atom is -0.455 e. The van der Waals surface area contributed by atoms with Crippen LogP contribution in [0.3, 0.4) is 0 Å². The molecule has 1 atom stereocenters. The van der Waals surface area contributed by atoms with Crippen LogP contribution in [0.2, 0.25) is 5.02 Å². The first-order valence-corrected chi connectivity index (χ1v) is 12.5. The van der Waals surface area contributed by atoms with E-state index in [1.807, 2.05) is 0 Å². The third-order valence-corrected chi connectivity index (χ3v) is 6.45. The molecule has 0 saturated heterocycles. The lowest BCUT2D eigenvalue weighted by Gasteiger charge is -2.13. The molecule has 2 aromatic carbocycles. The minimum atomic E-state index is -4.61. The second kappa shape index (κ2) is 10.1. The van der Waals surface area contributed by atoms with Gasteiger partial charge in [-0.2, -0.15) is 13.2 Å². The smallest absolute Gasteiger partial charge is 0.455 e. The first-order chi connectivity index (χ1) is 14.7. The summed E-state index contributed by atoms with van der Waals surface area (Å²) < 4.78 is 84.0. The van der Waals surface area contributed by atoms with E-state index in [2.05, 4.69) is 0 Å². The fourth-order valence-corrected chi connectivity index (χ4v) is 4.17. The predicted octanol–water partition coefficient (Wildman–Crippen LogP) is 5.05. The second-order valence-electron chi connectivity index (χ2n) is 6.52. The van der Waals surface area contributed by atoms with E-state index in [-0.39, 0.29) is 28.2 Å². The molecule has 0 heterocycles. The van der Waals surface area contributed by atoms with E-state index in [4.69, 9.17) is 20.9 Å². The van der Waals surface area contributed by atoms with Crippen molar-refractivity contribution in [1.82, 2.24) is 0 Å².